The highest BCUT2D eigenvalue weighted by atomic mass is 16.1. The highest BCUT2D eigenvalue weighted by Crippen LogP contribution is 2.23. The maximum absolute atomic E-state index is 12.9. The van der Waals surface area contributed by atoms with Gasteiger partial charge in [0, 0.05) is 48.8 Å². The molecule has 0 spiro atoms. The Bertz CT molecular complexity index is 1170. The van der Waals surface area contributed by atoms with Crippen molar-refractivity contribution in [3.8, 4) is 5.95 Å². The van der Waals surface area contributed by atoms with Gasteiger partial charge in [0.1, 0.15) is 0 Å². The zero-order valence-electron chi connectivity index (χ0n) is 21.9. The lowest BCUT2D eigenvalue weighted by Crippen LogP contribution is -2.38. The molecule has 1 aromatic carbocycles. The summed E-state index contributed by atoms with van der Waals surface area (Å²) in [5.74, 6) is 2.00. The van der Waals surface area contributed by atoms with E-state index in [1.165, 1.54) is 17.5 Å². The molecule has 4 rings (SSSR count). The fraction of sp³-hybridized carbons (Fsp3) is 0.500. The minimum absolute atomic E-state index is 0.00730. The lowest BCUT2D eigenvalue weighted by Gasteiger charge is -2.35. The van der Waals surface area contributed by atoms with Gasteiger partial charge in [0.25, 0.3) is 5.95 Å². The number of hydrogen-bond donors (Lipinski definition) is 1. The zero-order chi connectivity index (χ0) is 25.1. The zero-order valence-corrected chi connectivity index (χ0v) is 21.9. The Morgan fingerprint density at radius 1 is 1.00 bits per heavy atom. The Labute approximate surface area is 209 Å². The molecular weight excluding hydrogens is 436 g/mol. The maximum atomic E-state index is 12.9. The number of nitrogens with zero attached hydrogens (tertiary/aromatic N) is 5. The molecule has 1 aliphatic heterocycles. The van der Waals surface area contributed by atoms with Crippen LogP contribution in [0.5, 0.6) is 0 Å². The molecule has 2 unspecified atom stereocenters. The van der Waals surface area contributed by atoms with Crippen molar-refractivity contribution in [1.82, 2.24) is 30.0 Å². The first-order valence-electron chi connectivity index (χ1n) is 12.6. The highest BCUT2D eigenvalue weighted by molar-refractivity contribution is 5.79. The first-order chi connectivity index (χ1) is 16.7. The average Bonchev–Trinajstić information content (AvgIpc) is 3.05. The van der Waals surface area contributed by atoms with E-state index in [9.17, 15) is 4.79 Å². The summed E-state index contributed by atoms with van der Waals surface area (Å²) in [6.07, 6.45) is 1.59. The number of likely N-dealkylation sites (tertiary alicyclic amines) is 1. The van der Waals surface area contributed by atoms with Crippen LogP contribution in [-0.4, -0.2) is 43.6 Å². The van der Waals surface area contributed by atoms with Gasteiger partial charge in [-0.05, 0) is 63.1 Å². The second-order valence-electron chi connectivity index (χ2n) is 10.4. The van der Waals surface area contributed by atoms with E-state index in [4.69, 9.17) is 0 Å². The van der Waals surface area contributed by atoms with E-state index in [1.54, 1.807) is 4.68 Å². The molecule has 1 aliphatic rings. The molecule has 1 N–H and O–H groups in total. The lowest BCUT2D eigenvalue weighted by molar-refractivity contribution is -0.120. The van der Waals surface area contributed by atoms with Crippen molar-refractivity contribution in [1.29, 1.82) is 0 Å². The van der Waals surface area contributed by atoms with Crippen LogP contribution in [0.1, 0.15) is 59.7 Å². The SMILES string of the molecule is Cc1cc(C)nc(-n2nc(C)c(CC(=O)NCc3ccccc3CN3CC(C)CC(C)C3)c2C)n1. The predicted octanol–water partition coefficient (Wildman–Crippen LogP) is 4.23. The molecule has 0 saturated carbocycles. The Morgan fingerprint density at radius 2 is 1.63 bits per heavy atom. The summed E-state index contributed by atoms with van der Waals surface area (Å²) in [7, 11) is 0. The minimum atomic E-state index is -0.00730. The van der Waals surface area contributed by atoms with Gasteiger partial charge in [-0.2, -0.15) is 5.10 Å². The number of hydrogen-bond acceptors (Lipinski definition) is 5. The molecule has 2 atom stereocenters. The Balaban J connectivity index is 1.42. The van der Waals surface area contributed by atoms with Crippen LogP contribution < -0.4 is 5.32 Å². The molecule has 0 aliphatic carbocycles. The summed E-state index contributed by atoms with van der Waals surface area (Å²) in [6.45, 7) is 16.2. The number of piperidine rings is 1. The number of carbonyl (C=O) groups excluding carboxylic acids is 1. The fourth-order valence-electron chi connectivity index (χ4n) is 5.39. The summed E-state index contributed by atoms with van der Waals surface area (Å²) in [6, 6.07) is 10.4. The van der Waals surface area contributed by atoms with Gasteiger partial charge in [0.15, 0.2) is 0 Å². The first-order valence-corrected chi connectivity index (χ1v) is 12.6. The van der Waals surface area contributed by atoms with E-state index in [0.717, 1.165) is 59.8 Å². The highest BCUT2D eigenvalue weighted by Gasteiger charge is 2.22. The lowest BCUT2D eigenvalue weighted by atomic mass is 9.91. The molecule has 0 radical (unpaired) electrons. The largest absolute Gasteiger partial charge is 0.352 e. The van der Waals surface area contributed by atoms with Gasteiger partial charge in [-0.15, -0.1) is 0 Å². The van der Waals surface area contributed by atoms with E-state index in [0.29, 0.717) is 12.5 Å². The quantitative estimate of drug-likeness (QED) is 0.555. The number of aryl methyl sites for hydroxylation is 3. The smallest absolute Gasteiger partial charge is 0.251 e. The van der Waals surface area contributed by atoms with Crippen molar-refractivity contribution < 1.29 is 4.79 Å². The van der Waals surface area contributed by atoms with E-state index in [2.05, 4.69) is 63.4 Å². The Kier molecular flexibility index (Phi) is 7.65. The van der Waals surface area contributed by atoms with E-state index in [-0.39, 0.29) is 12.3 Å². The molecule has 1 saturated heterocycles. The number of aromatic nitrogens is 4. The van der Waals surface area contributed by atoms with Crippen LogP contribution in [0.25, 0.3) is 5.95 Å². The number of amides is 1. The monoisotopic (exact) mass is 474 g/mol. The molecule has 7 nitrogen and oxygen atoms in total. The van der Waals surface area contributed by atoms with Crippen LogP contribution in [0.2, 0.25) is 0 Å². The van der Waals surface area contributed by atoms with Crippen molar-refractivity contribution in [3.05, 3.63) is 69.8 Å². The summed E-state index contributed by atoms with van der Waals surface area (Å²) in [4.78, 5) is 24.5. The molecule has 3 heterocycles. The summed E-state index contributed by atoms with van der Waals surface area (Å²) >= 11 is 0. The normalized spacial score (nSPS) is 18.6. The third kappa shape index (κ3) is 6.14. The van der Waals surface area contributed by atoms with Crippen LogP contribution in [0.3, 0.4) is 0 Å². The van der Waals surface area contributed by atoms with Gasteiger partial charge >= 0.3 is 0 Å². The number of carbonyl (C=O) groups is 1. The van der Waals surface area contributed by atoms with E-state index in [1.807, 2.05) is 33.8 Å². The van der Waals surface area contributed by atoms with Gasteiger partial charge in [0.05, 0.1) is 12.1 Å². The molecule has 186 valence electrons. The number of benzene rings is 1. The van der Waals surface area contributed by atoms with Crippen molar-refractivity contribution in [2.24, 2.45) is 11.8 Å². The van der Waals surface area contributed by atoms with Crippen molar-refractivity contribution in [2.75, 3.05) is 13.1 Å². The van der Waals surface area contributed by atoms with Crippen LogP contribution in [-0.2, 0) is 24.3 Å². The first kappa shape index (κ1) is 25.0. The maximum Gasteiger partial charge on any atom is 0.251 e. The molecule has 1 fully saturated rings. The van der Waals surface area contributed by atoms with Crippen molar-refractivity contribution in [3.63, 3.8) is 0 Å². The average molecular weight is 475 g/mol. The van der Waals surface area contributed by atoms with Gasteiger partial charge < -0.3 is 5.32 Å². The second kappa shape index (κ2) is 10.7. The second-order valence-corrected chi connectivity index (χ2v) is 10.4. The van der Waals surface area contributed by atoms with Crippen LogP contribution >= 0.6 is 0 Å². The van der Waals surface area contributed by atoms with Crippen molar-refractivity contribution in [2.45, 2.75) is 67.5 Å². The van der Waals surface area contributed by atoms with Gasteiger partial charge in [-0.25, -0.2) is 14.6 Å². The molecule has 7 heteroatoms. The Hall–Kier alpha value is -3.06. The van der Waals surface area contributed by atoms with Crippen molar-refractivity contribution >= 4 is 5.91 Å². The third-order valence-corrected chi connectivity index (χ3v) is 6.87. The molecule has 1 amide bonds. The molecule has 2 aromatic heterocycles. The van der Waals surface area contributed by atoms with Crippen LogP contribution in [0, 0.1) is 39.5 Å². The fourth-order valence-corrected chi connectivity index (χ4v) is 5.39. The standard InChI is InChI=1S/C28H38N6O/c1-18-11-19(2)16-33(15-18)17-25-10-8-7-9-24(25)14-29-27(35)13-26-22(5)32-34(23(26)6)28-30-20(3)12-21(4)31-28/h7-10,12,18-19H,11,13-17H2,1-6H3,(H,29,35). The molecule has 3 aromatic rings. The minimum Gasteiger partial charge on any atom is -0.352 e. The third-order valence-electron chi connectivity index (χ3n) is 6.87. The van der Waals surface area contributed by atoms with Crippen LogP contribution in [0.15, 0.2) is 30.3 Å². The number of rotatable bonds is 7. The molecule has 0 bridgehead atoms. The molecular formula is C28H38N6O. The molecule has 35 heavy (non-hydrogen) atoms. The van der Waals surface area contributed by atoms with Crippen LogP contribution in [0.4, 0.5) is 0 Å². The van der Waals surface area contributed by atoms with Gasteiger partial charge in [-0.3, -0.25) is 9.69 Å². The summed E-state index contributed by atoms with van der Waals surface area (Å²) in [5.41, 5.74) is 6.92. The van der Waals surface area contributed by atoms with E-state index >= 15 is 0 Å². The number of nitrogens with one attached hydrogen (secondary N) is 1. The van der Waals surface area contributed by atoms with Gasteiger partial charge in [0.2, 0.25) is 5.91 Å². The van der Waals surface area contributed by atoms with E-state index < -0.39 is 0 Å². The summed E-state index contributed by atoms with van der Waals surface area (Å²) < 4.78 is 1.74. The topological polar surface area (TPSA) is 75.9 Å². The summed E-state index contributed by atoms with van der Waals surface area (Å²) in [5, 5.41) is 7.77. The Morgan fingerprint density at radius 3 is 2.29 bits per heavy atom. The van der Waals surface area contributed by atoms with Gasteiger partial charge in [-0.1, -0.05) is 38.1 Å². The predicted molar refractivity (Wildman–Crippen MR) is 138 cm³/mol.